The molecule has 4 rings (SSSR count). The van der Waals surface area contributed by atoms with Crippen molar-refractivity contribution in [3.05, 3.63) is 27.8 Å². The monoisotopic (exact) mass is 415 g/mol. The van der Waals surface area contributed by atoms with Crippen LogP contribution in [0.5, 0.6) is 0 Å². The van der Waals surface area contributed by atoms with Crippen molar-refractivity contribution in [1.82, 2.24) is 15.2 Å². The van der Waals surface area contributed by atoms with E-state index in [-0.39, 0.29) is 23.6 Å². The van der Waals surface area contributed by atoms with E-state index in [0.717, 1.165) is 34.4 Å². The fourth-order valence-corrected chi connectivity index (χ4v) is 5.62. The summed E-state index contributed by atoms with van der Waals surface area (Å²) in [6.07, 6.45) is 19.5. The SMILES string of the molecule is C#C.C#C.CC[C@H]1C(=O)N2C(C(=O)O)=C(Sc3nc(C4=CCNC4)cs3)CC12. The fourth-order valence-electron chi connectivity index (χ4n) is 3.52. The number of terminal acetylenes is 2. The maximum absolute atomic E-state index is 12.2. The molecular formula is C20H21N3O3S2. The van der Waals surface area contributed by atoms with Crippen molar-refractivity contribution in [3.63, 3.8) is 0 Å². The lowest BCUT2D eigenvalue weighted by Gasteiger charge is -2.42. The fraction of sp³-hybridized carbons (Fsp3) is 0.350. The number of amides is 1. The van der Waals surface area contributed by atoms with E-state index < -0.39 is 5.97 Å². The van der Waals surface area contributed by atoms with E-state index in [4.69, 9.17) is 0 Å². The maximum Gasteiger partial charge on any atom is 0.353 e. The Morgan fingerprint density at radius 1 is 1.43 bits per heavy atom. The molecule has 1 fully saturated rings. The zero-order valence-electron chi connectivity index (χ0n) is 15.4. The van der Waals surface area contributed by atoms with E-state index in [9.17, 15) is 14.7 Å². The van der Waals surface area contributed by atoms with Crippen molar-refractivity contribution in [2.24, 2.45) is 5.92 Å². The van der Waals surface area contributed by atoms with Crippen LogP contribution in [-0.4, -0.2) is 46.0 Å². The molecule has 0 bridgehead atoms. The van der Waals surface area contributed by atoms with E-state index in [1.807, 2.05) is 12.3 Å². The van der Waals surface area contributed by atoms with E-state index in [2.05, 4.69) is 42.1 Å². The predicted molar refractivity (Wildman–Crippen MR) is 112 cm³/mol. The van der Waals surface area contributed by atoms with Gasteiger partial charge in [-0.2, -0.15) is 0 Å². The average molecular weight is 416 g/mol. The highest BCUT2D eigenvalue weighted by atomic mass is 32.2. The number of hydrogen-bond donors (Lipinski definition) is 2. The molecule has 28 heavy (non-hydrogen) atoms. The molecule has 2 atom stereocenters. The first-order valence-corrected chi connectivity index (χ1v) is 10.3. The summed E-state index contributed by atoms with van der Waals surface area (Å²) < 4.78 is 0.828. The van der Waals surface area contributed by atoms with Crippen LogP contribution in [0.25, 0.3) is 5.57 Å². The van der Waals surface area contributed by atoms with Crippen LogP contribution in [0.4, 0.5) is 0 Å². The van der Waals surface area contributed by atoms with Crippen molar-refractivity contribution < 1.29 is 14.7 Å². The third kappa shape index (κ3) is 3.85. The van der Waals surface area contributed by atoms with Gasteiger partial charge in [0, 0.05) is 29.8 Å². The van der Waals surface area contributed by atoms with Crippen LogP contribution in [-0.2, 0) is 9.59 Å². The number of carboxylic acids is 1. The zero-order chi connectivity index (χ0) is 20.8. The quantitative estimate of drug-likeness (QED) is 0.568. The highest BCUT2D eigenvalue weighted by Gasteiger charge is 2.54. The van der Waals surface area contributed by atoms with Gasteiger partial charge in [0.15, 0.2) is 4.34 Å². The van der Waals surface area contributed by atoms with Gasteiger partial charge in [-0.1, -0.05) is 24.8 Å². The third-order valence-electron chi connectivity index (χ3n) is 4.72. The largest absolute Gasteiger partial charge is 0.477 e. The minimum atomic E-state index is -1.03. The van der Waals surface area contributed by atoms with Crippen molar-refractivity contribution in [1.29, 1.82) is 0 Å². The standard InChI is InChI=1S/C16H17N3O3S2.2C2H2/c1-2-9-11-5-12(13(15(21)22)19(11)14(9)20)24-16-18-10(7-23-16)8-3-4-17-6-8;2*1-2/h3,7,9,11,17H,2,4-6H2,1H3,(H,21,22);2*1-2H/t9-,11?;;/m1../s1. The molecule has 0 saturated carbocycles. The molecule has 0 aliphatic carbocycles. The number of hydrogen-bond acceptors (Lipinski definition) is 6. The molecule has 4 heterocycles. The Hall–Kier alpha value is -2.52. The molecule has 3 aliphatic rings. The summed E-state index contributed by atoms with van der Waals surface area (Å²) in [4.78, 5) is 30.6. The topological polar surface area (TPSA) is 82.5 Å². The number of nitrogens with one attached hydrogen (secondary N) is 1. The summed E-state index contributed by atoms with van der Waals surface area (Å²) in [5.41, 5.74) is 2.29. The summed E-state index contributed by atoms with van der Waals surface area (Å²) in [5, 5.41) is 14.8. The van der Waals surface area contributed by atoms with Gasteiger partial charge in [-0.15, -0.1) is 37.0 Å². The van der Waals surface area contributed by atoms with Gasteiger partial charge in [-0.25, -0.2) is 9.78 Å². The Kier molecular flexibility index (Phi) is 7.47. The van der Waals surface area contributed by atoms with Gasteiger partial charge < -0.3 is 15.3 Å². The Bertz CT molecular complexity index is 860. The van der Waals surface area contributed by atoms with Gasteiger partial charge in [0.2, 0.25) is 5.91 Å². The highest BCUT2D eigenvalue weighted by molar-refractivity contribution is 8.04. The molecule has 1 unspecified atom stereocenters. The summed E-state index contributed by atoms with van der Waals surface area (Å²) in [5.74, 6) is -1.13. The van der Waals surface area contributed by atoms with E-state index in [0.29, 0.717) is 6.42 Å². The van der Waals surface area contributed by atoms with Crippen LogP contribution in [0.3, 0.4) is 0 Å². The lowest BCUT2D eigenvalue weighted by atomic mass is 9.85. The minimum Gasteiger partial charge on any atom is -0.477 e. The second-order valence-corrected chi connectivity index (χ2v) is 8.23. The van der Waals surface area contributed by atoms with Gasteiger partial charge in [-0.3, -0.25) is 4.79 Å². The van der Waals surface area contributed by atoms with Crippen LogP contribution in [0.1, 0.15) is 25.5 Å². The molecule has 3 aliphatic heterocycles. The van der Waals surface area contributed by atoms with Gasteiger partial charge in [0.25, 0.3) is 0 Å². The number of thiazole rings is 1. The van der Waals surface area contributed by atoms with Gasteiger partial charge in [0.1, 0.15) is 5.70 Å². The Morgan fingerprint density at radius 2 is 2.14 bits per heavy atom. The number of rotatable bonds is 5. The van der Waals surface area contributed by atoms with Crippen LogP contribution >= 0.6 is 23.1 Å². The number of nitrogens with zero attached hydrogens (tertiary/aromatic N) is 2. The van der Waals surface area contributed by atoms with Crippen molar-refractivity contribution in [3.8, 4) is 25.7 Å². The number of carbonyl (C=O) groups is 2. The number of β-lactam (4-membered cyclic amide) rings is 1. The van der Waals surface area contributed by atoms with Gasteiger partial charge >= 0.3 is 5.97 Å². The first kappa shape index (κ1) is 21.8. The Labute approximate surface area is 173 Å². The summed E-state index contributed by atoms with van der Waals surface area (Å²) in [6.45, 7) is 3.65. The zero-order valence-corrected chi connectivity index (χ0v) is 17.1. The molecule has 1 aromatic heterocycles. The van der Waals surface area contributed by atoms with Crippen molar-refractivity contribution in [2.45, 2.75) is 30.1 Å². The van der Waals surface area contributed by atoms with Crippen LogP contribution in [0, 0.1) is 31.6 Å². The molecule has 0 radical (unpaired) electrons. The van der Waals surface area contributed by atoms with Crippen molar-refractivity contribution >= 4 is 40.5 Å². The lowest BCUT2D eigenvalue weighted by Crippen LogP contribution is -2.58. The maximum atomic E-state index is 12.2. The molecule has 0 spiro atoms. The van der Waals surface area contributed by atoms with Crippen LogP contribution in [0.15, 0.2) is 26.4 Å². The van der Waals surface area contributed by atoms with Crippen LogP contribution < -0.4 is 5.32 Å². The minimum absolute atomic E-state index is 0.0114. The predicted octanol–water partition coefficient (Wildman–Crippen LogP) is 2.66. The van der Waals surface area contributed by atoms with Gasteiger partial charge in [0.05, 0.1) is 17.7 Å². The number of fused-ring (bicyclic) bond motifs is 1. The highest BCUT2D eigenvalue weighted by Crippen LogP contribution is 2.49. The molecule has 8 heteroatoms. The number of carboxylic acid groups (broad SMARTS) is 1. The van der Waals surface area contributed by atoms with Crippen molar-refractivity contribution in [2.75, 3.05) is 13.1 Å². The summed E-state index contributed by atoms with van der Waals surface area (Å²) >= 11 is 2.91. The van der Waals surface area contributed by atoms with E-state index >= 15 is 0 Å². The first-order valence-electron chi connectivity index (χ1n) is 8.59. The molecule has 1 amide bonds. The lowest BCUT2D eigenvalue weighted by molar-refractivity contribution is -0.155. The van der Waals surface area contributed by atoms with E-state index in [1.165, 1.54) is 33.6 Å². The molecule has 1 saturated heterocycles. The van der Waals surface area contributed by atoms with Crippen LogP contribution in [0.2, 0.25) is 0 Å². The number of thioether (sulfide) groups is 1. The van der Waals surface area contributed by atoms with E-state index in [1.54, 1.807) is 0 Å². The molecule has 146 valence electrons. The summed E-state index contributed by atoms with van der Waals surface area (Å²) in [6, 6.07) is 0.0114. The Morgan fingerprint density at radius 3 is 2.71 bits per heavy atom. The Balaban J connectivity index is 0.000000660. The summed E-state index contributed by atoms with van der Waals surface area (Å²) in [7, 11) is 0. The number of carbonyl (C=O) groups excluding carboxylic acids is 1. The second kappa shape index (κ2) is 9.61. The second-order valence-electron chi connectivity index (χ2n) is 6.03. The molecular weight excluding hydrogens is 394 g/mol. The molecule has 6 nitrogen and oxygen atoms in total. The number of aromatic nitrogens is 1. The first-order chi connectivity index (χ1) is 13.6. The number of aliphatic carboxylic acids is 1. The van der Waals surface area contributed by atoms with Gasteiger partial charge in [-0.05, 0) is 12.0 Å². The molecule has 2 N–H and O–H groups in total. The normalized spacial score (nSPS) is 22.2. The average Bonchev–Trinajstić information content (AvgIpc) is 3.44. The molecule has 1 aromatic rings. The molecule has 0 aromatic carbocycles. The smallest absolute Gasteiger partial charge is 0.353 e. The third-order valence-corrected chi connectivity index (χ3v) is 6.77.